The first-order chi connectivity index (χ1) is 13.5. The van der Waals surface area contributed by atoms with Crippen LogP contribution in [-0.4, -0.2) is 42.0 Å². The number of piperidine rings is 1. The highest BCUT2D eigenvalue weighted by Crippen LogP contribution is 2.24. The molecule has 1 aliphatic rings. The van der Waals surface area contributed by atoms with Gasteiger partial charge in [0.1, 0.15) is 0 Å². The second-order valence-corrected chi connectivity index (χ2v) is 7.95. The van der Waals surface area contributed by atoms with Crippen molar-refractivity contribution >= 4 is 53.1 Å². The lowest BCUT2D eigenvalue weighted by Gasteiger charge is -2.33. The summed E-state index contributed by atoms with van der Waals surface area (Å²) in [4.78, 5) is 11.2. The molecule has 8 heteroatoms. The van der Waals surface area contributed by atoms with Crippen molar-refractivity contribution in [3.05, 3.63) is 63.4 Å². The molecule has 5 nitrogen and oxygen atoms in total. The number of aliphatic imine (C=N–C) groups is 1. The molecule has 158 valence electrons. The number of hydrogen-bond donors (Lipinski definition) is 2. The minimum Gasteiger partial charge on any atom is -0.354 e. The number of pyridine rings is 1. The van der Waals surface area contributed by atoms with E-state index in [4.69, 9.17) is 23.2 Å². The first-order valence-electron chi connectivity index (χ1n) is 9.59. The molecule has 0 spiro atoms. The molecule has 0 atom stereocenters. The number of hydrogen-bond acceptors (Lipinski definition) is 3. The Morgan fingerprint density at radius 2 is 1.97 bits per heavy atom. The fraction of sp³-hybridized carbons (Fsp3) is 0.429. The van der Waals surface area contributed by atoms with Crippen molar-refractivity contribution < 1.29 is 0 Å². The van der Waals surface area contributed by atoms with Gasteiger partial charge in [-0.05, 0) is 49.1 Å². The highest BCUT2D eigenvalue weighted by molar-refractivity contribution is 14.0. The number of nitrogens with zero attached hydrogens (tertiary/aromatic N) is 3. The number of halogens is 3. The molecule has 29 heavy (non-hydrogen) atoms. The monoisotopic (exact) mass is 547 g/mol. The van der Waals surface area contributed by atoms with Crippen LogP contribution in [0.2, 0.25) is 10.0 Å². The Balaban J connectivity index is 0.00000300. The van der Waals surface area contributed by atoms with Crippen LogP contribution in [0.25, 0.3) is 0 Å². The van der Waals surface area contributed by atoms with Gasteiger partial charge in [-0.3, -0.25) is 14.9 Å². The fourth-order valence-corrected chi connectivity index (χ4v) is 3.71. The van der Waals surface area contributed by atoms with Crippen LogP contribution in [-0.2, 0) is 13.1 Å². The van der Waals surface area contributed by atoms with Crippen molar-refractivity contribution in [1.82, 2.24) is 20.5 Å². The van der Waals surface area contributed by atoms with Crippen molar-refractivity contribution in [2.24, 2.45) is 4.99 Å². The first-order valence-corrected chi connectivity index (χ1v) is 10.3. The van der Waals surface area contributed by atoms with Gasteiger partial charge in [0.25, 0.3) is 0 Å². The molecular weight excluding hydrogens is 520 g/mol. The van der Waals surface area contributed by atoms with E-state index in [1.165, 1.54) is 11.1 Å². The molecule has 0 saturated carbocycles. The number of aryl methyl sites for hydroxylation is 1. The Labute approximate surface area is 200 Å². The largest absolute Gasteiger partial charge is 0.354 e. The Morgan fingerprint density at radius 1 is 1.21 bits per heavy atom. The molecule has 0 bridgehead atoms. The topological polar surface area (TPSA) is 52.6 Å². The molecule has 2 heterocycles. The second kappa shape index (κ2) is 11.9. The Morgan fingerprint density at radius 3 is 2.62 bits per heavy atom. The Bertz CT molecular complexity index is 822. The van der Waals surface area contributed by atoms with E-state index >= 15 is 0 Å². The summed E-state index contributed by atoms with van der Waals surface area (Å²) in [5.41, 5.74) is 3.42. The number of rotatable bonds is 5. The van der Waals surface area contributed by atoms with Gasteiger partial charge < -0.3 is 10.6 Å². The summed E-state index contributed by atoms with van der Waals surface area (Å²) in [7, 11) is 1.81. The summed E-state index contributed by atoms with van der Waals surface area (Å²) in [5.74, 6) is 0.827. The predicted molar refractivity (Wildman–Crippen MR) is 132 cm³/mol. The molecular formula is C21H28Cl2IN5. The fourth-order valence-electron chi connectivity index (χ4n) is 3.39. The average molecular weight is 548 g/mol. The zero-order valence-corrected chi connectivity index (χ0v) is 20.6. The number of nitrogens with one attached hydrogen (secondary N) is 2. The lowest BCUT2D eigenvalue weighted by Crippen LogP contribution is -2.48. The molecule has 0 radical (unpaired) electrons. The van der Waals surface area contributed by atoms with E-state index in [1.54, 1.807) is 7.05 Å². The van der Waals surface area contributed by atoms with E-state index in [2.05, 4.69) is 38.5 Å². The third-order valence-electron chi connectivity index (χ3n) is 5.08. The van der Waals surface area contributed by atoms with Crippen LogP contribution in [0.3, 0.4) is 0 Å². The first kappa shape index (κ1) is 24.2. The van der Waals surface area contributed by atoms with Crippen LogP contribution in [0, 0.1) is 6.92 Å². The maximum atomic E-state index is 6.13. The van der Waals surface area contributed by atoms with Gasteiger partial charge in [0, 0.05) is 38.9 Å². The molecule has 3 rings (SSSR count). The van der Waals surface area contributed by atoms with Crippen molar-refractivity contribution in [2.45, 2.75) is 38.9 Å². The van der Waals surface area contributed by atoms with Gasteiger partial charge in [-0.1, -0.05) is 35.3 Å². The van der Waals surface area contributed by atoms with Crippen LogP contribution in [0.4, 0.5) is 0 Å². The van der Waals surface area contributed by atoms with Gasteiger partial charge in [-0.15, -0.1) is 24.0 Å². The average Bonchev–Trinajstić information content (AvgIpc) is 2.70. The van der Waals surface area contributed by atoms with Crippen LogP contribution in [0.1, 0.15) is 29.7 Å². The van der Waals surface area contributed by atoms with E-state index in [9.17, 15) is 0 Å². The zero-order valence-electron chi connectivity index (χ0n) is 16.8. The van der Waals surface area contributed by atoms with Crippen molar-refractivity contribution in [3.63, 3.8) is 0 Å². The minimum absolute atomic E-state index is 0. The van der Waals surface area contributed by atoms with E-state index in [0.717, 1.165) is 44.1 Å². The summed E-state index contributed by atoms with van der Waals surface area (Å²) in [5, 5.41) is 8.14. The summed E-state index contributed by atoms with van der Waals surface area (Å²) in [6.07, 6.45) is 3.97. The maximum absolute atomic E-state index is 6.13. The predicted octanol–water partition coefficient (Wildman–Crippen LogP) is 4.64. The standard InChI is InChI=1S/C21H27Cl2N5.HI/c1-15-4-3-9-25-20(15)13-26-21(24-2)27-17-7-10-28(11-8-17)14-16-5-6-18(22)19(23)12-16;/h3-6,9,12,17H,7-8,10-11,13-14H2,1-2H3,(H2,24,26,27);1H. The third kappa shape index (κ3) is 7.27. The van der Waals surface area contributed by atoms with Gasteiger partial charge >= 0.3 is 0 Å². The van der Waals surface area contributed by atoms with Gasteiger partial charge in [0.15, 0.2) is 5.96 Å². The highest BCUT2D eigenvalue weighted by atomic mass is 127. The zero-order chi connectivity index (χ0) is 19.9. The molecule has 2 aromatic rings. The molecule has 0 aliphatic carbocycles. The quantitative estimate of drug-likeness (QED) is 0.325. The molecule has 0 unspecified atom stereocenters. The third-order valence-corrected chi connectivity index (χ3v) is 5.82. The van der Waals surface area contributed by atoms with Crippen molar-refractivity contribution in [2.75, 3.05) is 20.1 Å². The summed E-state index contributed by atoms with van der Waals surface area (Å²) in [6, 6.07) is 10.3. The van der Waals surface area contributed by atoms with Crippen LogP contribution < -0.4 is 10.6 Å². The Hall–Kier alpha value is -1.09. The van der Waals surface area contributed by atoms with Crippen LogP contribution in [0.5, 0.6) is 0 Å². The van der Waals surface area contributed by atoms with Crippen LogP contribution in [0.15, 0.2) is 41.5 Å². The SMILES string of the molecule is CN=C(NCc1ncccc1C)NC1CCN(Cc2ccc(Cl)c(Cl)c2)CC1.I. The maximum Gasteiger partial charge on any atom is 0.191 e. The smallest absolute Gasteiger partial charge is 0.191 e. The summed E-state index contributed by atoms with van der Waals surface area (Å²) in [6.45, 7) is 5.71. The summed E-state index contributed by atoms with van der Waals surface area (Å²) >= 11 is 12.1. The molecule has 1 aromatic carbocycles. The lowest BCUT2D eigenvalue weighted by molar-refractivity contribution is 0.198. The normalized spacial score (nSPS) is 15.7. The lowest BCUT2D eigenvalue weighted by atomic mass is 10.0. The molecule has 2 N–H and O–H groups in total. The molecule has 1 fully saturated rings. The van der Waals surface area contributed by atoms with Crippen molar-refractivity contribution in [1.29, 1.82) is 0 Å². The van der Waals surface area contributed by atoms with E-state index in [-0.39, 0.29) is 24.0 Å². The summed E-state index contributed by atoms with van der Waals surface area (Å²) < 4.78 is 0. The molecule has 1 saturated heterocycles. The van der Waals surface area contributed by atoms with Crippen molar-refractivity contribution in [3.8, 4) is 0 Å². The minimum atomic E-state index is 0. The molecule has 0 amide bonds. The van der Waals surface area contributed by atoms with Crippen LogP contribution >= 0.6 is 47.2 Å². The number of guanidine groups is 1. The second-order valence-electron chi connectivity index (χ2n) is 7.14. The number of benzene rings is 1. The van der Waals surface area contributed by atoms with E-state index < -0.39 is 0 Å². The van der Waals surface area contributed by atoms with Gasteiger partial charge in [-0.2, -0.15) is 0 Å². The van der Waals surface area contributed by atoms with Gasteiger partial charge in [0.2, 0.25) is 0 Å². The van der Waals surface area contributed by atoms with Gasteiger partial charge in [0.05, 0.1) is 22.3 Å². The number of aromatic nitrogens is 1. The molecule has 1 aromatic heterocycles. The van der Waals surface area contributed by atoms with Gasteiger partial charge in [-0.25, -0.2) is 0 Å². The van der Waals surface area contributed by atoms with E-state index in [1.807, 2.05) is 30.5 Å². The number of likely N-dealkylation sites (tertiary alicyclic amines) is 1. The molecule has 1 aliphatic heterocycles. The highest BCUT2D eigenvalue weighted by Gasteiger charge is 2.20. The van der Waals surface area contributed by atoms with E-state index in [0.29, 0.717) is 22.6 Å². The Kier molecular flexibility index (Phi) is 9.95.